The molecule has 0 amide bonds. The zero-order valence-corrected chi connectivity index (χ0v) is 13.5. The molecule has 2 aromatic rings. The van der Waals surface area contributed by atoms with Crippen LogP contribution in [0.25, 0.3) is 11.3 Å². The maximum Gasteiger partial charge on any atom is 0.252 e. The highest BCUT2D eigenvalue weighted by molar-refractivity contribution is 7.91. The van der Waals surface area contributed by atoms with Crippen molar-refractivity contribution in [2.45, 2.75) is 36.8 Å². The van der Waals surface area contributed by atoms with Gasteiger partial charge in [-0.3, -0.25) is 0 Å². The predicted molar refractivity (Wildman–Crippen MR) is 81.8 cm³/mol. The van der Waals surface area contributed by atoms with E-state index in [0.717, 1.165) is 36.9 Å². The van der Waals surface area contributed by atoms with Crippen molar-refractivity contribution in [2.75, 3.05) is 13.1 Å². The Kier molecular flexibility index (Phi) is 4.14. The Balaban J connectivity index is 1.87. The molecule has 1 fully saturated rings. The van der Waals surface area contributed by atoms with E-state index in [2.05, 4.69) is 5.16 Å². The minimum Gasteiger partial charge on any atom is -0.356 e. The summed E-state index contributed by atoms with van der Waals surface area (Å²) in [4.78, 5) is 0. The highest BCUT2D eigenvalue weighted by Crippen LogP contribution is 2.31. The summed E-state index contributed by atoms with van der Waals surface area (Å²) in [5.74, 6) is 0.612. The number of sulfonamides is 1. The Labute approximate surface area is 128 Å². The zero-order valence-electron chi connectivity index (χ0n) is 11.9. The number of nitrogens with zero attached hydrogens (tertiary/aromatic N) is 2. The molecule has 2 aromatic heterocycles. The first-order valence-corrected chi connectivity index (χ1v) is 9.42. The lowest BCUT2D eigenvalue weighted by atomic mass is 10.2. The Bertz CT molecular complexity index is 710. The van der Waals surface area contributed by atoms with Crippen LogP contribution in [-0.2, 0) is 10.0 Å². The van der Waals surface area contributed by atoms with Gasteiger partial charge in [-0.25, -0.2) is 8.42 Å². The highest BCUT2D eigenvalue weighted by atomic mass is 32.2. The second-order valence-corrected chi connectivity index (χ2v) is 8.38. The molecular weight excluding hydrogens is 308 g/mol. The Morgan fingerprint density at radius 1 is 1.19 bits per heavy atom. The van der Waals surface area contributed by atoms with Gasteiger partial charge in [0.2, 0.25) is 0 Å². The molecule has 0 unspecified atom stereocenters. The average Bonchev–Trinajstić information content (AvgIpc) is 3.01. The third-order valence-electron chi connectivity index (χ3n) is 3.65. The molecule has 21 heavy (non-hydrogen) atoms. The normalized spacial score (nSPS) is 17.8. The van der Waals surface area contributed by atoms with Crippen LogP contribution in [0.15, 0.2) is 26.2 Å². The number of aryl methyl sites for hydroxylation is 1. The lowest BCUT2D eigenvalue weighted by Crippen LogP contribution is -2.31. The van der Waals surface area contributed by atoms with Crippen LogP contribution in [0.3, 0.4) is 0 Å². The van der Waals surface area contributed by atoms with Crippen LogP contribution in [0, 0.1) is 6.92 Å². The maximum atomic E-state index is 12.7. The lowest BCUT2D eigenvalue weighted by molar-refractivity contribution is 0.424. The zero-order chi connectivity index (χ0) is 14.9. The molecule has 114 valence electrons. The van der Waals surface area contributed by atoms with Crippen LogP contribution in [0.5, 0.6) is 0 Å². The van der Waals surface area contributed by atoms with Gasteiger partial charge in [0.1, 0.15) is 4.21 Å². The number of thiophene rings is 1. The van der Waals surface area contributed by atoms with Gasteiger partial charge in [-0.15, -0.1) is 11.3 Å². The topological polar surface area (TPSA) is 63.4 Å². The number of hydrogen-bond donors (Lipinski definition) is 0. The minimum absolute atomic E-state index is 0.383. The third-order valence-corrected chi connectivity index (χ3v) is 6.96. The van der Waals surface area contributed by atoms with Gasteiger partial charge in [-0.05, 0) is 25.8 Å². The molecule has 1 aliphatic rings. The molecule has 3 rings (SSSR count). The molecule has 0 aromatic carbocycles. The molecule has 1 aliphatic heterocycles. The molecule has 5 nitrogen and oxygen atoms in total. The maximum absolute atomic E-state index is 12.7. The van der Waals surface area contributed by atoms with Crippen molar-refractivity contribution in [1.82, 2.24) is 9.46 Å². The van der Waals surface area contributed by atoms with E-state index in [-0.39, 0.29) is 0 Å². The quantitative estimate of drug-likeness (QED) is 0.868. The first-order chi connectivity index (χ1) is 10.1. The largest absolute Gasteiger partial charge is 0.356 e. The van der Waals surface area contributed by atoms with E-state index in [0.29, 0.717) is 23.1 Å². The molecule has 0 spiro atoms. The van der Waals surface area contributed by atoms with Crippen LogP contribution in [-0.4, -0.2) is 31.0 Å². The lowest BCUT2D eigenvalue weighted by Gasteiger charge is -2.18. The summed E-state index contributed by atoms with van der Waals surface area (Å²) < 4.78 is 32.5. The first kappa shape index (κ1) is 14.7. The number of rotatable bonds is 3. The van der Waals surface area contributed by atoms with Gasteiger partial charge in [0.15, 0.2) is 5.76 Å². The van der Waals surface area contributed by atoms with Crippen molar-refractivity contribution in [3.8, 4) is 11.3 Å². The van der Waals surface area contributed by atoms with E-state index in [1.165, 1.54) is 11.3 Å². The standard InChI is InChI=1S/C14H18N2O3S2/c1-11-8-13(19-15-11)12-9-14(20-10-12)21(17,18)16-6-4-2-3-5-7-16/h8-10H,2-7H2,1H3. The van der Waals surface area contributed by atoms with E-state index in [4.69, 9.17) is 4.52 Å². The molecule has 0 N–H and O–H groups in total. The highest BCUT2D eigenvalue weighted by Gasteiger charge is 2.27. The van der Waals surface area contributed by atoms with Crippen molar-refractivity contribution >= 4 is 21.4 Å². The van der Waals surface area contributed by atoms with Gasteiger partial charge >= 0.3 is 0 Å². The Morgan fingerprint density at radius 2 is 1.90 bits per heavy atom. The molecule has 0 atom stereocenters. The smallest absolute Gasteiger partial charge is 0.252 e. The summed E-state index contributed by atoms with van der Waals surface area (Å²) >= 11 is 1.24. The SMILES string of the molecule is Cc1cc(-c2csc(S(=O)(=O)N3CCCCCC3)c2)on1. The van der Waals surface area contributed by atoms with Crippen molar-refractivity contribution in [3.05, 3.63) is 23.2 Å². The fraction of sp³-hybridized carbons (Fsp3) is 0.500. The molecule has 0 radical (unpaired) electrons. The van der Waals surface area contributed by atoms with Gasteiger partial charge in [-0.1, -0.05) is 18.0 Å². The molecule has 0 bridgehead atoms. The van der Waals surface area contributed by atoms with Gasteiger partial charge in [-0.2, -0.15) is 4.31 Å². The van der Waals surface area contributed by atoms with E-state index in [1.54, 1.807) is 10.4 Å². The summed E-state index contributed by atoms with van der Waals surface area (Å²) in [6.07, 6.45) is 4.11. The summed E-state index contributed by atoms with van der Waals surface area (Å²) in [7, 11) is -3.38. The molecule has 3 heterocycles. The molecule has 1 saturated heterocycles. The fourth-order valence-corrected chi connectivity index (χ4v) is 5.33. The monoisotopic (exact) mass is 326 g/mol. The summed E-state index contributed by atoms with van der Waals surface area (Å²) in [6, 6.07) is 3.50. The van der Waals surface area contributed by atoms with Crippen LogP contribution in [0.1, 0.15) is 31.4 Å². The Hall–Kier alpha value is -1.18. The average molecular weight is 326 g/mol. The van der Waals surface area contributed by atoms with E-state index in [1.807, 2.05) is 18.4 Å². The van der Waals surface area contributed by atoms with Crippen LogP contribution < -0.4 is 0 Å². The summed E-state index contributed by atoms with van der Waals surface area (Å²) in [5, 5.41) is 5.65. The first-order valence-electron chi connectivity index (χ1n) is 7.10. The van der Waals surface area contributed by atoms with E-state index >= 15 is 0 Å². The predicted octanol–water partition coefficient (Wildman–Crippen LogP) is 3.28. The van der Waals surface area contributed by atoms with Crippen LogP contribution >= 0.6 is 11.3 Å². The van der Waals surface area contributed by atoms with E-state index < -0.39 is 10.0 Å². The van der Waals surface area contributed by atoms with Gasteiger partial charge in [0.05, 0.1) is 5.69 Å². The Morgan fingerprint density at radius 3 is 2.52 bits per heavy atom. The van der Waals surface area contributed by atoms with Gasteiger partial charge < -0.3 is 4.52 Å². The van der Waals surface area contributed by atoms with Crippen molar-refractivity contribution < 1.29 is 12.9 Å². The second kappa shape index (κ2) is 5.90. The van der Waals surface area contributed by atoms with Crippen LogP contribution in [0.4, 0.5) is 0 Å². The second-order valence-electron chi connectivity index (χ2n) is 5.31. The minimum atomic E-state index is -3.38. The number of hydrogen-bond acceptors (Lipinski definition) is 5. The summed E-state index contributed by atoms with van der Waals surface area (Å²) in [5.41, 5.74) is 1.56. The number of aromatic nitrogens is 1. The van der Waals surface area contributed by atoms with Crippen molar-refractivity contribution in [1.29, 1.82) is 0 Å². The van der Waals surface area contributed by atoms with E-state index in [9.17, 15) is 8.42 Å². The van der Waals surface area contributed by atoms with Crippen molar-refractivity contribution in [2.24, 2.45) is 0 Å². The third kappa shape index (κ3) is 3.04. The fourth-order valence-electron chi connectivity index (χ4n) is 2.49. The van der Waals surface area contributed by atoms with Crippen LogP contribution in [0.2, 0.25) is 0 Å². The molecule has 7 heteroatoms. The summed E-state index contributed by atoms with van der Waals surface area (Å²) in [6.45, 7) is 3.09. The molecular formula is C14H18N2O3S2. The van der Waals surface area contributed by atoms with Gasteiger partial charge in [0, 0.05) is 30.1 Å². The molecule has 0 aliphatic carbocycles. The molecule has 0 saturated carbocycles. The van der Waals surface area contributed by atoms with Crippen molar-refractivity contribution in [3.63, 3.8) is 0 Å². The van der Waals surface area contributed by atoms with Gasteiger partial charge in [0.25, 0.3) is 10.0 Å².